The molecule has 156 valence electrons. The molecule has 0 spiro atoms. The van der Waals surface area contributed by atoms with Crippen LogP contribution in [0.5, 0.6) is 11.5 Å². The highest BCUT2D eigenvalue weighted by Crippen LogP contribution is 2.29. The summed E-state index contributed by atoms with van der Waals surface area (Å²) in [6.45, 7) is 4.59. The van der Waals surface area contributed by atoms with Crippen molar-refractivity contribution in [2.75, 3.05) is 19.0 Å². The Morgan fingerprint density at radius 2 is 1.86 bits per heavy atom. The molecule has 0 bridgehead atoms. The van der Waals surface area contributed by atoms with Crippen LogP contribution in [0.2, 0.25) is 0 Å². The summed E-state index contributed by atoms with van der Waals surface area (Å²) in [5, 5.41) is 2.80. The molecule has 1 saturated carbocycles. The van der Waals surface area contributed by atoms with Gasteiger partial charge in [0, 0.05) is 11.6 Å². The third kappa shape index (κ3) is 5.48. The minimum atomic E-state index is -3.77. The van der Waals surface area contributed by atoms with Gasteiger partial charge in [0.1, 0.15) is 16.4 Å². The summed E-state index contributed by atoms with van der Waals surface area (Å²) in [6, 6.07) is 11.4. The summed E-state index contributed by atoms with van der Waals surface area (Å²) in [5.74, 6) is 0.657. The first kappa shape index (κ1) is 21.1. The summed E-state index contributed by atoms with van der Waals surface area (Å²) < 4.78 is 38.9. The van der Waals surface area contributed by atoms with Crippen molar-refractivity contribution in [2.45, 2.75) is 37.6 Å². The number of ether oxygens (including phenoxy) is 2. The van der Waals surface area contributed by atoms with Crippen LogP contribution in [0.25, 0.3) is 0 Å². The molecule has 2 aromatic rings. The van der Waals surface area contributed by atoms with Crippen LogP contribution in [-0.2, 0) is 10.0 Å². The molecule has 3 rings (SSSR count). The van der Waals surface area contributed by atoms with E-state index in [0.29, 0.717) is 24.0 Å². The SMILES string of the molecule is COc1ccc(C(=O)Nc2ccccc2OCC(C)C)cc1S(=O)(=O)NC1CC1. The van der Waals surface area contributed by atoms with E-state index >= 15 is 0 Å². The minimum absolute atomic E-state index is 0.0489. The van der Waals surface area contributed by atoms with Crippen molar-refractivity contribution in [2.24, 2.45) is 5.92 Å². The van der Waals surface area contributed by atoms with E-state index < -0.39 is 15.9 Å². The zero-order valence-corrected chi connectivity index (χ0v) is 17.6. The molecule has 1 aliphatic rings. The Labute approximate surface area is 171 Å². The number of carbonyl (C=O) groups excluding carboxylic acids is 1. The molecule has 2 aromatic carbocycles. The normalized spacial score (nSPS) is 13.9. The number of nitrogens with one attached hydrogen (secondary N) is 2. The molecule has 0 aliphatic heterocycles. The quantitative estimate of drug-likeness (QED) is 0.651. The Hall–Kier alpha value is -2.58. The highest BCUT2D eigenvalue weighted by molar-refractivity contribution is 7.89. The van der Waals surface area contributed by atoms with E-state index in [0.717, 1.165) is 12.8 Å². The predicted octanol–water partition coefficient (Wildman–Crippen LogP) is 3.42. The largest absolute Gasteiger partial charge is 0.495 e. The van der Waals surface area contributed by atoms with Crippen molar-refractivity contribution in [1.82, 2.24) is 4.72 Å². The molecule has 1 amide bonds. The molecule has 29 heavy (non-hydrogen) atoms. The Kier molecular flexibility index (Phi) is 6.44. The average Bonchev–Trinajstić information content (AvgIpc) is 3.50. The highest BCUT2D eigenvalue weighted by atomic mass is 32.2. The lowest BCUT2D eigenvalue weighted by Gasteiger charge is -2.15. The van der Waals surface area contributed by atoms with E-state index in [-0.39, 0.29) is 22.3 Å². The van der Waals surface area contributed by atoms with Crippen LogP contribution in [0.1, 0.15) is 37.0 Å². The van der Waals surface area contributed by atoms with Gasteiger partial charge in [0.05, 0.1) is 19.4 Å². The number of para-hydroxylation sites is 2. The predicted molar refractivity (Wildman–Crippen MR) is 111 cm³/mol. The van der Waals surface area contributed by atoms with Gasteiger partial charge in [-0.2, -0.15) is 0 Å². The second kappa shape index (κ2) is 8.84. The van der Waals surface area contributed by atoms with Gasteiger partial charge in [-0.3, -0.25) is 4.79 Å². The van der Waals surface area contributed by atoms with Crippen molar-refractivity contribution in [3.63, 3.8) is 0 Å². The monoisotopic (exact) mass is 418 g/mol. The van der Waals surface area contributed by atoms with Crippen molar-refractivity contribution < 1.29 is 22.7 Å². The van der Waals surface area contributed by atoms with Crippen molar-refractivity contribution >= 4 is 21.6 Å². The Morgan fingerprint density at radius 3 is 2.52 bits per heavy atom. The molecule has 8 heteroatoms. The maximum atomic E-state index is 12.8. The Balaban J connectivity index is 1.84. The van der Waals surface area contributed by atoms with Crippen LogP contribution < -0.4 is 19.5 Å². The zero-order chi connectivity index (χ0) is 21.0. The smallest absolute Gasteiger partial charge is 0.255 e. The molecule has 7 nitrogen and oxygen atoms in total. The van der Waals surface area contributed by atoms with Gasteiger partial charge in [-0.05, 0) is 49.1 Å². The van der Waals surface area contributed by atoms with Crippen LogP contribution in [0, 0.1) is 5.92 Å². The molecule has 0 atom stereocenters. The lowest BCUT2D eigenvalue weighted by Crippen LogP contribution is -2.26. The number of benzene rings is 2. The van der Waals surface area contributed by atoms with E-state index in [1.165, 1.54) is 25.3 Å². The topological polar surface area (TPSA) is 93.7 Å². The number of methoxy groups -OCH3 is 1. The van der Waals surface area contributed by atoms with Gasteiger partial charge in [0.15, 0.2) is 0 Å². The Bertz CT molecular complexity index is 984. The Morgan fingerprint density at radius 1 is 1.14 bits per heavy atom. The molecule has 1 fully saturated rings. The molecule has 0 heterocycles. The standard InChI is InChI=1S/C21H26N2O5S/c1-14(2)13-28-18-7-5-4-6-17(18)22-21(24)15-8-11-19(27-3)20(12-15)29(25,26)23-16-9-10-16/h4-8,11-12,14,16,23H,9-10,13H2,1-3H3,(H,22,24). The number of rotatable bonds is 9. The molecule has 0 saturated heterocycles. The molecule has 0 aromatic heterocycles. The third-order valence-corrected chi connectivity index (χ3v) is 5.86. The van der Waals surface area contributed by atoms with Gasteiger partial charge in [0.2, 0.25) is 10.0 Å². The molecule has 0 unspecified atom stereocenters. The number of hydrogen-bond donors (Lipinski definition) is 2. The van der Waals surface area contributed by atoms with E-state index in [4.69, 9.17) is 9.47 Å². The van der Waals surface area contributed by atoms with Gasteiger partial charge in [-0.1, -0.05) is 26.0 Å². The van der Waals surface area contributed by atoms with E-state index in [2.05, 4.69) is 10.0 Å². The first-order chi connectivity index (χ1) is 13.8. The average molecular weight is 419 g/mol. The summed E-state index contributed by atoms with van der Waals surface area (Å²) in [6.07, 6.45) is 1.63. The summed E-state index contributed by atoms with van der Waals surface area (Å²) >= 11 is 0. The van der Waals surface area contributed by atoms with E-state index in [1.54, 1.807) is 18.2 Å². The third-order valence-electron chi connectivity index (χ3n) is 4.32. The van der Waals surface area contributed by atoms with Gasteiger partial charge in [-0.25, -0.2) is 13.1 Å². The summed E-state index contributed by atoms with van der Waals surface area (Å²) in [5.41, 5.74) is 0.732. The fraction of sp³-hybridized carbons (Fsp3) is 0.381. The van der Waals surface area contributed by atoms with Crippen LogP contribution in [0.3, 0.4) is 0 Å². The molecular weight excluding hydrogens is 392 g/mol. The second-order valence-corrected chi connectivity index (χ2v) is 9.10. The molecular formula is C21H26N2O5S. The maximum Gasteiger partial charge on any atom is 0.255 e. The summed E-state index contributed by atoms with van der Waals surface area (Å²) in [4.78, 5) is 12.7. The fourth-order valence-electron chi connectivity index (χ4n) is 2.66. The zero-order valence-electron chi connectivity index (χ0n) is 16.8. The van der Waals surface area contributed by atoms with Crippen LogP contribution in [-0.4, -0.2) is 34.1 Å². The van der Waals surface area contributed by atoms with E-state index in [9.17, 15) is 13.2 Å². The second-order valence-electron chi connectivity index (χ2n) is 7.42. The lowest BCUT2D eigenvalue weighted by molar-refractivity contribution is 0.102. The van der Waals surface area contributed by atoms with Crippen molar-refractivity contribution in [3.8, 4) is 11.5 Å². The van der Waals surface area contributed by atoms with E-state index in [1.807, 2.05) is 19.9 Å². The molecule has 2 N–H and O–H groups in total. The van der Waals surface area contributed by atoms with Crippen LogP contribution >= 0.6 is 0 Å². The van der Waals surface area contributed by atoms with Crippen LogP contribution in [0.4, 0.5) is 5.69 Å². The van der Waals surface area contributed by atoms with Gasteiger partial charge >= 0.3 is 0 Å². The highest BCUT2D eigenvalue weighted by Gasteiger charge is 2.30. The number of carbonyl (C=O) groups is 1. The van der Waals surface area contributed by atoms with Crippen molar-refractivity contribution in [3.05, 3.63) is 48.0 Å². The summed E-state index contributed by atoms with van der Waals surface area (Å²) in [7, 11) is -2.38. The molecule has 0 radical (unpaired) electrons. The minimum Gasteiger partial charge on any atom is -0.495 e. The van der Waals surface area contributed by atoms with Gasteiger partial charge in [0.25, 0.3) is 5.91 Å². The lowest BCUT2D eigenvalue weighted by atomic mass is 10.2. The number of sulfonamides is 1. The van der Waals surface area contributed by atoms with Crippen molar-refractivity contribution in [1.29, 1.82) is 0 Å². The number of anilines is 1. The number of hydrogen-bond acceptors (Lipinski definition) is 5. The van der Waals surface area contributed by atoms with Gasteiger partial charge < -0.3 is 14.8 Å². The first-order valence-electron chi connectivity index (χ1n) is 9.53. The fourth-order valence-corrected chi connectivity index (χ4v) is 4.16. The van der Waals surface area contributed by atoms with Crippen LogP contribution in [0.15, 0.2) is 47.4 Å². The maximum absolute atomic E-state index is 12.8. The van der Waals surface area contributed by atoms with Gasteiger partial charge in [-0.15, -0.1) is 0 Å². The first-order valence-corrected chi connectivity index (χ1v) is 11.0. The molecule has 1 aliphatic carbocycles. The number of amides is 1.